The third-order valence-electron chi connectivity index (χ3n) is 1.41. The van der Waals surface area contributed by atoms with Crippen molar-refractivity contribution in [3.63, 3.8) is 0 Å². The van der Waals surface area contributed by atoms with Gasteiger partial charge in [-0.15, -0.1) is 0 Å². The van der Waals surface area contributed by atoms with Crippen LogP contribution < -0.4 is 10.6 Å². The Kier molecular flexibility index (Phi) is 6.47. The van der Waals surface area contributed by atoms with Crippen LogP contribution in [0.25, 0.3) is 0 Å². The molecule has 0 aromatic heterocycles. The van der Waals surface area contributed by atoms with Gasteiger partial charge in [-0.25, -0.2) is 0 Å². The average molecular weight is 236 g/mol. The molecular formula is C7H12N2O5S. The number of hydrogen-bond donors (Lipinski definition) is 5. The lowest BCUT2D eigenvalue weighted by Gasteiger charge is -2.13. The zero-order chi connectivity index (χ0) is 11.8. The lowest BCUT2D eigenvalue weighted by Crippen LogP contribution is -2.48. The minimum atomic E-state index is -1.17. The number of thiol groups is 1. The molecule has 7 nitrogen and oxygen atoms in total. The number of hydrogen-bond acceptors (Lipinski definition) is 5. The molecule has 15 heavy (non-hydrogen) atoms. The summed E-state index contributed by atoms with van der Waals surface area (Å²) in [5.74, 6) is -2.78. The number of carbonyl (C=O) groups excluding carboxylic acids is 1. The standard InChI is InChI=1S/C7H12N2O5S/c10-5(11)1-8-4(3-15)7(14)9-2-6(12)13/h4,8,15H,1-3H2,(H,9,14)(H,10,11)(H,12,13)/t4-/m0/s1. The van der Waals surface area contributed by atoms with E-state index in [0.29, 0.717) is 0 Å². The molecule has 4 N–H and O–H groups in total. The number of carbonyl (C=O) groups is 3. The molecule has 0 unspecified atom stereocenters. The van der Waals surface area contributed by atoms with Crippen LogP contribution in [0.1, 0.15) is 0 Å². The number of aliphatic carboxylic acids is 2. The van der Waals surface area contributed by atoms with E-state index in [1.54, 1.807) is 0 Å². The van der Waals surface area contributed by atoms with Crippen molar-refractivity contribution in [2.75, 3.05) is 18.8 Å². The molecular weight excluding hydrogens is 224 g/mol. The summed E-state index contributed by atoms with van der Waals surface area (Å²) in [6.45, 7) is -0.885. The lowest BCUT2D eigenvalue weighted by atomic mass is 10.3. The van der Waals surface area contributed by atoms with Gasteiger partial charge in [0.1, 0.15) is 6.54 Å². The van der Waals surface area contributed by atoms with E-state index in [2.05, 4.69) is 23.3 Å². The number of amides is 1. The third-order valence-corrected chi connectivity index (χ3v) is 1.78. The lowest BCUT2D eigenvalue weighted by molar-refractivity contribution is -0.139. The summed E-state index contributed by atoms with van der Waals surface area (Å²) < 4.78 is 0. The third kappa shape index (κ3) is 6.75. The molecule has 0 aromatic carbocycles. The molecule has 1 atom stereocenters. The van der Waals surface area contributed by atoms with Crippen molar-refractivity contribution < 1.29 is 24.6 Å². The fourth-order valence-corrected chi connectivity index (χ4v) is 1.03. The van der Waals surface area contributed by atoms with Crippen LogP contribution in [0.15, 0.2) is 0 Å². The number of carboxylic acids is 2. The second kappa shape index (κ2) is 7.07. The Hall–Kier alpha value is -1.28. The van der Waals surface area contributed by atoms with E-state index in [9.17, 15) is 14.4 Å². The first kappa shape index (κ1) is 13.7. The van der Waals surface area contributed by atoms with E-state index in [-0.39, 0.29) is 12.3 Å². The molecule has 1 amide bonds. The largest absolute Gasteiger partial charge is 0.480 e. The number of carboxylic acid groups (broad SMARTS) is 2. The van der Waals surface area contributed by atoms with Crippen molar-refractivity contribution in [3.8, 4) is 0 Å². The zero-order valence-corrected chi connectivity index (χ0v) is 8.66. The fourth-order valence-electron chi connectivity index (χ4n) is 0.737. The van der Waals surface area contributed by atoms with Crippen molar-refractivity contribution in [1.29, 1.82) is 0 Å². The van der Waals surface area contributed by atoms with Crippen LogP contribution in [0.5, 0.6) is 0 Å². The average Bonchev–Trinajstić information content (AvgIpc) is 2.15. The van der Waals surface area contributed by atoms with Crippen molar-refractivity contribution in [2.24, 2.45) is 0 Å². The zero-order valence-electron chi connectivity index (χ0n) is 7.77. The minimum absolute atomic E-state index is 0.0821. The molecule has 0 aliphatic heterocycles. The highest BCUT2D eigenvalue weighted by Crippen LogP contribution is 1.88. The van der Waals surface area contributed by atoms with Gasteiger partial charge in [0.15, 0.2) is 0 Å². The van der Waals surface area contributed by atoms with Gasteiger partial charge in [-0.3, -0.25) is 19.7 Å². The highest BCUT2D eigenvalue weighted by atomic mass is 32.1. The molecule has 86 valence electrons. The summed E-state index contributed by atoms with van der Waals surface area (Å²) in [7, 11) is 0. The van der Waals surface area contributed by atoms with E-state index in [0.717, 1.165) is 0 Å². The first-order chi connectivity index (χ1) is 6.97. The van der Waals surface area contributed by atoms with Crippen molar-refractivity contribution in [1.82, 2.24) is 10.6 Å². The molecule has 0 heterocycles. The van der Waals surface area contributed by atoms with Crippen LogP contribution in [0.2, 0.25) is 0 Å². The molecule has 0 saturated heterocycles. The second-order valence-electron chi connectivity index (χ2n) is 2.62. The van der Waals surface area contributed by atoms with Gasteiger partial charge >= 0.3 is 11.9 Å². The van der Waals surface area contributed by atoms with Crippen molar-refractivity contribution in [3.05, 3.63) is 0 Å². The second-order valence-corrected chi connectivity index (χ2v) is 2.99. The summed E-state index contributed by atoms with van der Waals surface area (Å²) in [6.07, 6.45) is 0. The molecule has 0 aromatic rings. The normalized spacial score (nSPS) is 11.8. The molecule has 0 radical (unpaired) electrons. The molecule has 0 fully saturated rings. The van der Waals surface area contributed by atoms with Crippen LogP contribution in [0, 0.1) is 0 Å². The van der Waals surface area contributed by atoms with E-state index in [1.165, 1.54) is 0 Å². The Bertz CT molecular complexity index is 258. The Morgan fingerprint density at radius 3 is 2.07 bits per heavy atom. The highest BCUT2D eigenvalue weighted by Gasteiger charge is 2.17. The van der Waals surface area contributed by atoms with Crippen LogP contribution in [0.4, 0.5) is 0 Å². The summed E-state index contributed by atoms with van der Waals surface area (Å²) in [5.41, 5.74) is 0. The summed E-state index contributed by atoms with van der Waals surface area (Å²) in [5, 5.41) is 21.2. The van der Waals surface area contributed by atoms with Gasteiger partial charge in [0, 0.05) is 5.75 Å². The Labute approximate surface area is 91.3 Å². The summed E-state index contributed by atoms with van der Waals surface area (Å²) >= 11 is 3.84. The maximum Gasteiger partial charge on any atom is 0.322 e. The first-order valence-electron chi connectivity index (χ1n) is 4.03. The predicted octanol–water partition coefficient (Wildman–Crippen LogP) is -1.84. The van der Waals surface area contributed by atoms with Crippen LogP contribution in [-0.2, 0) is 14.4 Å². The van der Waals surface area contributed by atoms with Gasteiger partial charge in [0.05, 0.1) is 12.6 Å². The Morgan fingerprint density at radius 2 is 1.67 bits per heavy atom. The SMILES string of the molecule is O=C(O)CNC(=O)[C@H](CS)NCC(=O)O. The van der Waals surface area contributed by atoms with Gasteiger partial charge in [-0.05, 0) is 0 Å². The molecule has 8 heteroatoms. The van der Waals surface area contributed by atoms with E-state index in [4.69, 9.17) is 10.2 Å². The maximum absolute atomic E-state index is 11.2. The quantitative estimate of drug-likeness (QED) is 0.332. The van der Waals surface area contributed by atoms with Crippen molar-refractivity contribution >= 4 is 30.5 Å². The highest BCUT2D eigenvalue weighted by molar-refractivity contribution is 7.80. The van der Waals surface area contributed by atoms with Crippen LogP contribution >= 0.6 is 12.6 Å². The van der Waals surface area contributed by atoms with Gasteiger partial charge < -0.3 is 15.5 Å². The van der Waals surface area contributed by atoms with Gasteiger partial charge in [-0.2, -0.15) is 12.6 Å². The summed E-state index contributed by atoms with van der Waals surface area (Å²) in [6, 6.07) is -0.816. The smallest absolute Gasteiger partial charge is 0.322 e. The van der Waals surface area contributed by atoms with Crippen LogP contribution in [-0.4, -0.2) is 52.9 Å². The van der Waals surface area contributed by atoms with Gasteiger partial charge in [0.2, 0.25) is 5.91 Å². The molecule has 0 spiro atoms. The molecule has 0 aliphatic rings. The maximum atomic E-state index is 11.2. The van der Waals surface area contributed by atoms with E-state index < -0.39 is 30.4 Å². The van der Waals surface area contributed by atoms with Gasteiger partial charge in [-0.1, -0.05) is 0 Å². The predicted molar refractivity (Wildman–Crippen MR) is 53.9 cm³/mol. The molecule has 0 saturated carbocycles. The Morgan fingerprint density at radius 1 is 1.13 bits per heavy atom. The molecule has 0 bridgehead atoms. The first-order valence-corrected chi connectivity index (χ1v) is 4.66. The molecule has 0 aliphatic carbocycles. The summed E-state index contributed by atoms with van der Waals surface area (Å²) in [4.78, 5) is 31.5. The Balaban J connectivity index is 3.98. The van der Waals surface area contributed by atoms with Crippen molar-refractivity contribution in [2.45, 2.75) is 6.04 Å². The number of rotatable bonds is 7. The monoisotopic (exact) mass is 236 g/mol. The van der Waals surface area contributed by atoms with Gasteiger partial charge in [0.25, 0.3) is 0 Å². The minimum Gasteiger partial charge on any atom is -0.480 e. The number of nitrogens with one attached hydrogen (secondary N) is 2. The fraction of sp³-hybridized carbons (Fsp3) is 0.571. The van der Waals surface area contributed by atoms with Crippen LogP contribution in [0.3, 0.4) is 0 Å². The topological polar surface area (TPSA) is 116 Å². The molecule has 0 rings (SSSR count). The van der Waals surface area contributed by atoms with E-state index >= 15 is 0 Å². The van der Waals surface area contributed by atoms with E-state index in [1.807, 2.05) is 0 Å².